The van der Waals surface area contributed by atoms with Crippen LogP contribution in [0.15, 0.2) is 30.3 Å². The number of anilines is 1. The van der Waals surface area contributed by atoms with E-state index in [4.69, 9.17) is 16.4 Å². The van der Waals surface area contributed by atoms with Crippen molar-refractivity contribution in [2.24, 2.45) is 0 Å². The first-order valence-corrected chi connectivity index (χ1v) is 10.6. The quantitative estimate of drug-likeness (QED) is 0.397. The summed E-state index contributed by atoms with van der Waals surface area (Å²) in [6, 6.07) is 6.00. The number of hydrogen-bond acceptors (Lipinski definition) is 6. The molecule has 12 heteroatoms. The molecule has 1 amide bonds. The number of carbonyl (C=O) groups is 1. The number of aromatic nitrogens is 1. The number of carbonyl (C=O) groups excluding carboxylic acids is 2. The normalized spacial score (nSPS) is 10.9. The number of fused-ring (bicyclic) bond motifs is 1. The molecule has 1 aromatic heterocycles. The number of benzene rings is 2. The van der Waals surface area contributed by atoms with Crippen molar-refractivity contribution in [1.82, 2.24) is 9.88 Å². The number of nitrogens with one attached hydrogen (secondary N) is 1. The van der Waals surface area contributed by atoms with Crippen LogP contribution in [0.1, 0.15) is 28.4 Å². The smallest absolute Gasteiger partial charge is 0.542 e. The zero-order valence-electron chi connectivity index (χ0n) is 18.5. The first-order chi connectivity index (χ1) is 15.5. The summed E-state index contributed by atoms with van der Waals surface area (Å²) >= 11 is 7.00. The third-order valence-corrected chi connectivity index (χ3v) is 5.51. The van der Waals surface area contributed by atoms with E-state index in [-0.39, 0.29) is 45.0 Å². The fraction of sp³-hybridized carbons (Fsp3) is 0.227. The van der Waals surface area contributed by atoms with E-state index in [0.29, 0.717) is 30.7 Å². The molecule has 0 saturated carbocycles. The molecule has 0 aliphatic rings. The molecular weight excluding hydrogens is 486 g/mol. The topological polar surface area (TPSA) is 82.5 Å². The number of amides is 1. The van der Waals surface area contributed by atoms with Gasteiger partial charge >= 0.3 is 25.0 Å². The maximum atomic E-state index is 12.9. The third-order valence-electron chi connectivity index (χ3n) is 4.36. The van der Waals surface area contributed by atoms with Crippen LogP contribution >= 0.6 is 22.9 Å². The standard InChI is InChI=1S/C20H17ClF3N3O2S.C2H3O.Li/c1-3-27(4-2)10-11-7-13(21)9-14(17(11)28)18(29)26-19-25-15-6-5-12(20(22,23)24)8-16(15)30-19;1-2-3;/h5-9,28H,1-4,10H2,(H,25,26,29);1H3;/q-2;-1;+1. The Morgan fingerprint density at radius 1 is 1.26 bits per heavy atom. The second-order valence-corrected chi connectivity index (χ2v) is 8.06. The minimum atomic E-state index is -4.47. The van der Waals surface area contributed by atoms with Crippen LogP contribution in [0.5, 0.6) is 5.75 Å². The van der Waals surface area contributed by atoms with Gasteiger partial charge in [0.1, 0.15) is 5.75 Å². The number of rotatable bonds is 6. The van der Waals surface area contributed by atoms with Gasteiger partial charge < -0.3 is 28.6 Å². The van der Waals surface area contributed by atoms with Gasteiger partial charge in [-0.25, -0.2) is 4.98 Å². The second kappa shape index (κ2) is 13.1. The molecule has 2 N–H and O–H groups in total. The summed E-state index contributed by atoms with van der Waals surface area (Å²) in [7, 11) is 0. The molecular formula is C22H20ClF3LiN3O3S-2. The first-order valence-electron chi connectivity index (χ1n) is 9.44. The van der Waals surface area contributed by atoms with Crippen molar-refractivity contribution in [3.05, 3.63) is 65.9 Å². The maximum absolute atomic E-state index is 12.9. The van der Waals surface area contributed by atoms with Crippen LogP contribution in [0, 0.1) is 13.8 Å². The first kappa shape index (κ1) is 29.9. The molecule has 2 aromatic carbocycles. The molecule has 0 fully saturated rings. The molecule has 178 valence electrons. The summed E-state index contributed by atoms with van der Waals surface area (Å²) < 4.78 is 38.9. The van der Waals surface area contributed by atoms with Crippen LogP contribution in [-0.4, -0.2) is 40.3 Å². The van der Waals surface area contributed by atoms with E-state index in [0.717, 1.165) is 23.5 Å². The number of halogens is 4. The van der Waals surface area contributed by atoms with Gasteiger partial charge in [-0.05, 0) is 30.3 Å². The minimum Gasteiger partial charge on any atom is -0.542 e. The zero-order chi connectivity index (χ0) is 24.8. The molecule has 3 aromatic rings. The largest absolute Gasteiger partial charge is 1.00 e. The summed E-state index contributed by atoms with van der Waals surface area (Å²) in [5.74, 6) is -0.925. The van der Waals surface area contributed by atoms with Crippen LogP contribution in [0.3, 0.4) is 0 Å². The van der Waals surface area contributed by atoms with Gasteiger partial charge in [0.15, 0.2) is 5.13 Å². The number of aromatic hydroxyl groups is 1. The monoisotopic (exact) mass is 505 g/mol. The molecule has 0 unspecified atom stereocenters. The van der Waals surface area contributed by atoms with E-state index < -0.39 is 17.6 Å². The molecule has 0 aliphatic carbocycles. The molecule has 0 spiro atoms. The van der Waals surface area contributed by atoms with Crippen LogP contribution in [-0.2, 0) is 17.5 Å². The molecule has 6 nitrogen and oxygen atoms in total. The Kier molecular flexibility index (Phi) is 11.6. The number of hydrogen-bond donors (Lipinski definition) is 2. The third kappa shape index (κ3) is 7.72. The Bertz CT molecular complexity index is 1140. The van der Waals surface area contributed by atoms with E-state index >= 15 is 0 Å². The fourth-order valence-corrected chi connectivity index (χ4v) is 3.92. The predicted molar refractivity (Wildman–Crippen MR) is 123 cm³/mol. The predicted octanol–water partition coefficient (Wildman–Crippen LogP) is 2.52. The second-order valence-electron chi connectivity index (χ2n) is 6.59. The van der Waals surface area contributed by atoms with E-state index in [1.165, 1.54) is 25.3 Å². The van der Waals surface area contributed by atoms with Gasteiger partial charge in [-0.1, -0.05) is 22.9 Å². The van der Waals surface area contributed by atoms with Crippen LogP contribution in [0.25, 0.3) is 10.2 Å². The van der Waals surface area contributed by atoms with Gasteiger partial charge in [-0.2, -0.15) is 20.1 Å². The Morgan fingerprint density at radius 2 is 1.88 bits per heavy atom. The van der Waals surface area contributed by atoms with Gasteiger partial charge in [-0.3, -0.25) is 16.4 Å². The van der Waals surface area contributed by atoms with Gasteiger partial charge in [0.2, 0.25) is 0 Å². The van der Waals surface area contributed by atoms with Crippen LogP contribution < -0.4 is 24.2 Å². The molecule has 34 heavy (non-hydrogen) atoms. The van der Waals surface area contributed by atoms with Crippen molar-refractivity contribution < 1.29 is 46.7 Å². The van der Waals surface area contributed by atoms with Gasteiger partial charge in [0, 0.05) is 17.1 Å². The number of nitrogens with zero attached hydrogens (tertiary/aromatic N) is 2. The Labute approximate surface area is 216 Å². The number of thiazole rings is 1. The average Bonchev–Trinajstić information content (AvgIpc) is 3.15. The van der Waals surface area contributed by atoms with Crippen molar-refractivity contribution in [2.45, 2.75) is 19.6 Å². The average molecular weight is 506 g/mol. The van der Waals surface area contributed by atoms with Crippen LogP contribution in [0.4, 0.5) is 18.3 Å². The van der Waals surface area contributed by atoms with Gasteiger partial charge in [0.25, 0.3) is 5.91 Å². The molecule has 1 heterocycles. The van der Waals surface area contributed by atoms with Gasteiger partial charge in [0.05, 0.1) is 21.3 Å². The number of phenols is 1. The fourth-order valence-electron chi connectivity index (χ4n) is 2.78. The minimum absolute atomic E-state index is 0. The Balaban J connectivity index is 0.00000137. The molecule has 0 aliphatic heterocycles. The van der Waals surface area contributed by atoms with Crippen molar-refractivity contribution in [2.75, 3.05) is 18.4 Å². The summed E-state index contributed by atoms with van der Waals surface area (Å²) in [6.45, 7) is 10.1. The summed E-state index contributed by atoms with van der Waals surface area (Å²) in [5, 5.41) is 13.4. The van der Waals surface area contributed by atoms with Crippen molar-refractivity contribution in [3.8, 4) is 5.75 Å². The number of phenolic OH excluding ortho intramolecular Hbond substituents is 1. The Morgan fingerprint density at radius 3 is 2.44 bits per heavy atom. The van der Waals surface area contributed by atoms with Crippen molar-refractivity contribution >= 4 is 50.5 Å². The van der Waals surface area contributed by atoms with Crippen molar-refractivity contribution in [3.63, 3.8) is 0 Å². The molecule has 0 radical (unpaired) electrons. The summed E-state index contributed by atoms with van der Waals surface area (Å²) in [5.41, 5.74) is -0.116. The molecule has 3 rings (SSSR count). The van der Waals surface area contributed by atoms with Gasteiger partial charge in [-0.15, -0.1) is 13.1 Å². The molecule has 0 atom stereocenters. The van der Waals surface area contributed by atoms with E-state index in [9.17, 15) is 23.1 Å². The van der Waals surface area contributed by atoms with Crippen LogP contribution in [0.2, 0.25) is 5.02 Å². The summed E-state index contributed by atoms with van der Waals surface area (Å²) in [6.07, 6.45) is -2.97. The van der Waals surface area contributed by atoms with E-state index in [2.05, 4.69) is 24.1 Å². The molecule has 0 bridgehead atoms. The Hall–Kier alpha value is -2.09. The SMILES string of the molecule is C[C-]=O.[CH2-]CN(C[CH2-])Cc1cc(Cl)cc(C(=O)Nc2nc3ccc(C(F)(F)F)cc3s2)c1O.[Li+]. The molecule has 0 saturated heterocycles. The van der Waals surface area contributed by atoms with Crippen molar-refractivity contribution in [1.29, 1.82) is 0 Å². The zero-order valence-corrected chi connectivity index (χ0v) is 20.1. The number of alkyl halides is 3. The van der Waals surface area contributed by atoms with E-state index in [1.54, 1.807) is 6.07 Å². The summed E-state index contributed by atoms with van der Waals surface area (Å²) in [4.78, 5) is 27.3. The van der Waals surface area contributed by atoms with E-state index in [1.807, 2.05) is 4.90 Å². The maximum Gasteiger partial charge on any atom is 1.00 e.